The molecule has 0 fully saturated rings. The van der Waals surface area contributed by atoms with E-state index in [0.29, 0.717) is 6.54 Å². The van der Waals surface area contributed by atoms with Gasteiger partial charge >= 0.3 is 0 Å². The number of hydrogen-bond donors (Lipinski definition) is 1. The quantitative estimate of drug-likeness (QED) is 0.919. The molecule has 4 nitrogen and oxygen atoms in total. The van der Waals surface area contributed by atoms with Crippen LogP contribution in [0.4, 0.5) is 5.69 Å². The monoisotopic (exact) mass is 287 g/mol. The van der Waals surface area contributed by atoms with Gasteiger partial charge in [0.1, 0.15) is 0 Å². The molecular formula is C17H25N3O. The average Bonchev–Trinajstić information content (AvgIpc) is 2.47. The molecule has 0 amide bonds. The Kier molecular flexibility index (Phi) is 4.68. The molecule has 1 aromatic heterocycles. The smallest absolute Gasteiger partial charge is 0.194 e. The highest BCUT2D eigenvalue weighted by Gasteiger charge is 2.12. The number of benzene rings is 1. The number of aryl methyl sites for hydroxylation is 1. The number of fused-ring (bicyclic) bond motifs is 1. The third kappa shape index (κ3) is 3.10. The van der Waals surface area contributed by atoms with Gasteiger partial charge in [-0.1, -0.05) is 13.8 Å². The summed E-state index contributed by atoms with van der Waals surface area (Å²) in [6.07, 6.45) is 0. The summed E-state index contributed by atoms with van der Waals surface area (Å²) in [6.45, 7) is 8.84. The summed E-state index contributed by atoms with van der Waals surface area (Å²) in [5.74, 6) is 0. The lowest BCUT2D eigenvalue weighted by Gasteiger charge is -2.19. The summed E-state index contributed by atoms with van der Waals surface area (Å²) in [4.78, 5) is 20.5. The lowest BCUT2D eigenvalue weighted by Crippen LogP contribution is -2.27. The highest BCUT2D eigenvalue weighted by atomic mass is 16.1. The fourth-order valence-electron chi connectivity index (χ4n) is 2.58. The summed E-state index contributed by atoms with van der Waals surface area (Å²) in [5, 5.41) is 0.772. The Labute approximate surface area is 126 Å². The number of aromatic nitrogens is 1. The minimum Gasteiger partial charge on any atom is -0.378 e. The van der Waals surface area contributed by atoms with Crippen LogP contribution in [0.25, 0.3) is 10.9 Å². The third-order valence-electron chi connectivity index (χ3n) is 4.09. The third-order valence-corrected chi connectivity index (χ3v) is 4.09. The molecule has 0 aliphatic carbocycles. The highest BCUT2D eigenvalue weighted by Crippen LogP contribution is 2.19. The van der Waals surface area contributed by atoms with E-state index in [9.17, 15) is 4.79 Å². The molecule has 1 N–H and O–H groups in total. The van der Waals surface area contributed by atoms with E-state index in [-0.39, 0.29) is 5.43 Å². The van der Waals surface area contributed by atoms with E-state index in [1.165, 1.54) is 0 Å². The minimum absolute atomic E-state index is 0.150. The average molecular weight is 287 g/mol. The van der Waals surface area contributed by atoms with Crippen molar-refractivity contribution >= 4 is 16.6 Å². The van der Waals surface area contributed by atoms with Crippen LogP contribution in [0.15, 0.2) is 23.0 Å². The van der Waals surface area contributed by atoms with Crippen molar-refractivity contribution in [2.75, 3.05) is 32.1 Å². The maximum Gasteiger partial charge on any atom is 0.194 e. The van der Waals surface area contributed by atoms with Crippen LogP contribution in [0, 0.1) is 6.92 Å². The first kappa shape index (κ1) is 15.6. The zero-order chi connectivity index (χ0) is 15.6. The number of anilines is 1. The molecule has 0 atom stereocenters. The molecule has 1 aromatic carbocycles. The van der Waals surface area contributed by atoms with Crippen LogP contribution in [0.1, 0.15) is 25.1 Å². The molecule has 21 heavy (non-hydrogen) atoms. The Morgan fingerprint density at radius 3 is 2.38 bits per heavy atom. The number of rotatable bonds is 5. The summed E-state index contributed by atoms with van der Waals surface area (Å²) in [6, 6.07) is 5.99. The Balaban J connectivity index is 2.58. The van der Waals surface area contributed by atoms with Crippen molar-refractivity contribution in [2.24, 2.45) is 0 Å². The van der Waals surface area contributed by atoms with Gasteiger partial charge in [0.2, 0.25) is 0 Å². The molecule has 0 unspecified atom stereocenters. The first-order valence-electron chi connectivity index (χ1n) is 7.53. The van der Waals surface area contributed by atoms with Crippen LogP contribution < -0.4 is 10.3 Å². The van der Waals surface area contributed by atoms with Gasteiger partial charge in [-0.05, 0) is 38.2 Å². The van der Waals surface area contributed by atoms with E-state index in [1.807, 2.05) is 44.1 Å². The Morgan fingerprint density at radius 1 is 1.14 bits per heavy atom. The standard InChI is InChI=1S/C17H25N3O/c1-6-20(7-2)11-15-12(3)18-16-9-8-13(19(4)5)10-14(16)17(15)21/h8-10H,6-7,11H2,1-5H3,(H,18,21). The molecule has 4 heteroatoms. The van der Waals surface area contributed by atoms with Gasteiger partial charge in [0.05, 0.1) is 0 Å². The second-order valence-corrected chi connectivity index (χ2v) is 5.64. The normalized spacial score (nSPS) is 11.3. The van der Waals surface area contributed by atoms with E-state index in [0.717, 1.165) is 40.9 Å². The maximum atomic E-state index is 12.8. The predicted molar refractivity (Wildman–Crippen MR) is 90.3 cm³/mol. The van der Waals surface area contributed by atoms with Crippen molar-refractivity contribution in [3.05, 3.63) is 39.7 Å². The fourth-order valence-corrected chi connectivity index (χ4v) is 2.58. The molecule has 0 radical (unpaired) electrons. The maximum absolute atomic E-state index is 12.8. The molecule has 0 spiro atoms. The number of nitrogens with one attached hydrogen (secondary N) is 1. The fraction of sp³-hybridized carbons (Fsp3) is 0.471. The number of pyridine rings is 1. The molecule has 0 saturated heterocycles. The van der Waals surface area contributed by atoms with Gasteiger partial charge in [0.25, 0.3) is 0 Å². The second-order valence-electron chi connectivity index (χ2n) is 5.64. The van der Waals surface area contributed by atoms with E-state index in [2.05, 4.69) is 23.7 Å². The van der Waals surface area contributed by atoms with Gasteiger partial charge in [-0.15, -0.1) is 0 Å². The predicted octanol–water partition coefficient (Wildman–Crippen LogP) is 2.74. The first-order valence-corrected chi connectivity index (χ1v) is 7.53. The van der Waals surface area contributed by atoms with Crippen LogP contribution in [0.3, 0.4) is 0 Å². The minimum atomic E-state index is 0.150. The van der Waals surface area contributed by atoms with Gasteiger partial charge in [-0.2, -0.15) is 0 Å². The summed E-state index contributed by atoms with van der Waals surface area (Å²) in [7, 11) is 3.97. The van der Waals surface area contributed by atoms with Crippen LogP contribution in [0.5, 0.6) is 0 Å². The molecule has 114 valence electrons. The van der Waals surface area contributed by atoms with E-state index < -0.39 is 0 Å². The van der Waals surface area contributed by atoms with Crippen LogP contribution in [0.2, 0.25) is 0 Å². The van der Waals surface area contributed by atoms with Crippen LogP contribution >= 0.6 is 0 Å². The van der Waals surface area contributed by atoms with Crippen molar-refractivity contribution < 1.29 is 0 Å². The van der Waals surface area contributed by atoms with Gasteiger partial charge in [-0.25, -0.2) is 0 Å². The largest absolute Gasteiger partial charge is 0.378 e. The molecule has 0 saturated carbocycles. The summed E-state index contributed by atoms with van der Waals surface area (Å²) >= 11 is 0. The Morgan fingerprint density at radius 2 is 1.81 bits per heavy atom. The molecule has 0 aliphatic rings. The number of nitrogens with zero attached hydrogens (tertiary/aromatic N) is 2. The van der Waals surface area contributed by atoms with Crippen molar-refractivity contribution in [1.82, 2.24) is 9.88 Å². The second kappa shape index (κ2) is 6.31. The van der Waals surface area contributed by atoms with E-state index in [1.54, 1.807) is 0 Å². The van der Waals surface area contributed by atoms with Crippen molar-refractivity contribution in [3.63, 3.8) is 0 Å². The van der Waals surface area contributed by atoms with Crippen LogP contribution in [-0.2, 0) is 6.54 Å². The SMILES string of the molecule is CCN(CC)Cc1c(C)[nH]c2ccc(N(C)C)cc2c1=O. The van der Waals surface area contributed by atoms with Gasteiger partial charge in [0, 0.05) is 48.5 Å². The Bertz CT molecular complexity index is 684. The molecule has 2 rings (SSSR count). The highest BCUT2D eigenvalue weighted by molar-refractivity contribution is 5.83. The lowest BCUT2D eigenvalue weighted by atomic mass is 10.1. The van der Waals surface area contributed by atoms with Gasteiger partial charge < -0.3 is 9.88 Å². The number of hydrogen-bond acceptors (Lipinski definition) is 3. The zero-order valence-corrected chi connectivity index (χ0v) is 13.7. The van der Waals surface area contributed by atoms with Gasteiger partial charge in [-0.3, -0.25) is 9.69 Å². The summed E-state index contributed by atoms with van der Waals surface area (Å²) in [5.41, 5.74) is 3.95. The van der Waals surface area contributed by atoms with Crippen molar-refractivity contribution in [2.45, 2.75) is 27.3 Å². The number of H-pyrrole nitrogens is 1. The first-order chi connectivity index (χ1) is 9.97. The summed E-state index contributed by atoms with van der Waals surface area (Å²) < 4.78 is 0. The van der Waals surface area contributed by atoms with E-state index >= 15 is 0 Å². The van der Waals surface area contributed by atoms with Gasteiger partial charge in [0.15, 0.2) is 5.43 Å². The molecule has 1 heterocycles. The van der Waals surface area contributed by atoms with Crippen LogP contribution in [-0.4, -0.2) is 37.1 Å². The molecular weight excluding hydrogens is 262 g/mol. The van der Waals surface area contributed by atoms with Crippen molar-refractivity contribution in [1.29, 1.82) is 0 Å². The van der Waals surface area contributed by atoms with Crippen molar-refractivity contribution in [3.8, 4) is 0 Å². The van der Waals surface area contributed by atoms with E-state index in [4.69, 9.17) is 0 Å². The molecule has 0 bridgehead atoms. The molecule has 2 aromatic rings. The molecule has 0 aliphatic heterocycles. The zero-order valence-electron chi connectivity index (χ0n) is 13.7. The topological polar surface area (TPSA) is 39.3 Å². The lowest BCUT2D eigenvalue weighted by molar-refractivity contribution is 0.294. The number of aromatic amines is 1. The Hall–Kier alpha value is -1.81.